The zero-order valence-corrected chi connectivity index (χ0v) is 13.4. The molecule has 1 amide bonds. The minimum Gasteiger partial charge on any atom is -0.467 e. The minimum absolute atomic E-state index is 0.109. The standard InChI is InChI=1S/C16H19N3O2S/c1-11-5-3-6-12(2)15(11)19-14(20)10-18-16(22)17-9-13-7-4-8-21-13/h3-8H,9-10H2,1-2H3,(H,19,20)(H2,17,18,22). The van der Waals surface area contributed by atoms with Crippen molar-refractivity contribution in [2.24, 2.45) is 0 Å². The number of anilines is 1. The second kappa shape index (κ2) is 7.61. The molecule has 0 spiro atoms. The number of aryl methyl sites for hydroxylation is 2. The van der Waals surface area contributed by atoms with Gasteiger partial charge in [-0.15, -0.1) is 0 Å². The van der Waals surface area contributed by atoms with E-state index < -0.39 is 0 Å². The van der Waals surface area contributed by atoms with Crippen LogP contribution in [0.25, 0.3) is 0 Å². The SMILES string of the molecule is Cc1cccc(C)c1NC(=O)CNC(=S)NCc1ccco1. The maximum absolute atomic E-state index is 12.0. The number of amides is 1. The lowest BCUT2D eigenvalue weighted by Crippen LogP contribution is -2.39. The molecule has 6 heteroatoms. The molecular weight excluding hydrogens is 298 g/mol. The van der Waals surface area contributed by atoms with E-state index in [1.54, 1.807) is 6.26 Å². The average molecular weight is 317 g/mol. The molecule has 0 bridgehead atoms. The first-order chi connectivity index (χ1) is 10.6. The molecule has 0 aliphatic rings. The molecule has 0 saturated heterocycles. The molecule has 0 radical (unpaired) electrons. The average Bonchev–Trinajstić information content (AvgIpc) is 3.00. The van der Waals surface area contributed by atoms with Gasteiger partial charge in [-0.05, 0) is 49.3 Å². The quantitative estimate of drug-likeness (QED) is 0.740. The predicted molar refractivity (Wildman–Crippen MR) is 90.7 cm³/mol. The van der Waals surface area contributed by atoms with Crippen molar-refractivity contribution in [3.05, 3.63) is 53.5 Å². The van der Waals surface area contributed by atoms with Gasteiger partial charge in [0.25, 0.3) is 0 Å². The highest BCUT2D eigenvalue weighted by atomic mass is 32.1. The Morgan fingerprint density at radius 1 is 1.14 bits per heavy atom. The summed E-state index contributed by atoms with van der Waals surface area (Å²) in [6.07, 6.45) is 1.60. The van der Waals surface area contributed by atoms with Gasteiger partial charge in [0.15, 0.2) is 5.11 Å². The van der Waals surface area contributed by atoms with Gasteiger partial charge in [-0.25, -0.2) is 0 Å². The third kappa shape index (κ3) is 4.60. The lowest BCUT2D eigenvalue weighted by molar-refractivity contribution is -0.115. The van der Waals surface area contributed by atoms with Crippen molar-refractivity contribution in [2.45, 2.75) is 20.4 Å². The Balaban J connectivity index is 1.76. The summed E-state index contributed by atoms with van der Waals surface area (Å²) in [7, 11) is 0. The van der Waals surface area contributed by atoms with Crippen molar-refractivity contribution < 1.29 is 9.21 Å². The Morgan fingerprint density at radius 2 is 1.86 bits per heavy atom. The molecule has 0 saturated carbocycles. The van der Waals surface area contributed by atoms with Crippen LogP contribution in [0.5, 0.6) is 0 Å². The molecule has 0 aliphatic carbocycles. The molecule has 1 aromatic heterocycles. The summed E-state index contributed by atoms with van der Waals surface area (Å²) in [6, 6.07) is 9.55. The van der Waals surface area contributed by atoms with Gasteiger partial charge in [0, 0.05) is 5.69 Å². The first-order valence-electron chi connectivity index (χ1n) is 6.96. The van der Waals surface area contributed by atoms with Crippen molar-refractivity contribution >= 4 is 28.9 Å². The number of nitrogens with one attached hydrogen (secondary N) is 3. The van der Waals surface area contributed by atoms with E-state index >= 15 is 0 Å². The second-order valence-corrected chi connectivity index (χ2v) is 5.34. The van der Waals surface area contributed by atoms with Crippen LogP contribution in [-0.4, -0.2) is 17.6 Å². The Labute approximate surface area is 135 Å². The molecule has 0 unspecified atom stereocenters. The predicted octanol–water partition coefficient (Wildman–Crippen LogP) is 2.50. The van der Waals surface area contributed by atoms with E-state index in [9.17, 15) is 4.79 Å². The molecule has 1 heterocycles. The number of hydrogen-bond donors (Lipinski definition) is 3. The van der Waals surface area contributed by atoms with Crippen LogP contribution in [0.4, 0.5) is 5.69 Å². The summed E-state index contributed by atoms with van der Waals surface area (Å²) < 4.78 is 5.19. The van der Waals surface area contributed by atoms with Gasteiger partial charge < -0.3 is 20.4 Å². The van der Waals surface area contributed by atoms with E-state index in [1.165, 1.54) is 0 Å². The second-order valence-electron chi connectivity index (χ2n) is 4.93. The van der Waals surface area contributed by atoms with Gasteiger partial charge in [-0.1, -0.05) is 18.2 Å². The Hall–Kier alpha value is -2.34. The van der Waals surface area contributed by atoms with E-state index in [1.807, 2.05) is 44.2 Å². The molecule has 5 nitrogen and oxygen atoms in total. The normalized spacial score (nSPS) is 10.1. The zero-order valence-electron chi connectivity index (χ0n) is 12.6. The van der Waals surface area contributed by atoms with Crippen LogP contribution in [0.2, 0.25) is 0 Å². The fourth-order valence-electron chi connectivity index (χ4n) is 2.00. The fraction of sp³-hybridized carbons (Fsp3) is 0.250. The van der Waals surface area contributed by atoms with Crippen LogP contribution in [0.3, 0.4) is 0 Å². The Bertz CT molecular complexity index is 633. The summed E-state index contributed by atoms with van der Waals surface area (Å²) >= 11 is 5.12. The molecule has 0 atom stereocenters. The van der Waals surface area contributed by atoms with Gasteiger partial charge in [0.05, 0.1) is 19.4 Å². The number of furan rings is 1. The topological polar surface area (TPSA) is 66.3 Å². The fourth-order valence-corrected chi connectivity index (χ4v) is 2.14. The summed E-state index contributed by atoms with van der Waals surface area (Å²) in [4.78, 5) is 12.0. The van der Waals surface area contributed by atoms with Gasteiger partial charge in [0.2, 0.25) is 5.91 Å². The van der Waals surface area contributed by atoms with E-state index in [2.05, 4.69) is 16.0 Å². The maximum atomic E-state index is 12.0. The Kier molecular flexibility index (Phi) is 5.55. The van der Waals surface area contributed by atoms with E-state index in [0.717, 1.165) is 22.6 Å². The number of benzene rings is 1. The highest BCUT2D eigenvalue weighted by molar-refractivity contribution is 7.80. The first kappa shape index (κ1) is 16.0. The van der Waals surface area contributed by atoms with Crippen LogP contribution in [0, 0.1) is 13.8 Å². The molecule has 3 N–H and O–H groups in total. The summed E-state index contributed by atoms with van der Waals surface area (Å²) in [5.74, 6) is 0.642. The van der Waals surface area contributed by atoms with E-state index in [0.29, 0.717) is 11.7 Å². The number of para-hydroxylation sites is 1. The third-order valence-electron chi connectivity index (χ3n) is 3.16. The number of carbonyl (C=O) groups excluding carboxylic acids is 1. The van der Waals surface area contributed by atoms with Crippen molar-refractivity contribution in [3.63, 3.8) is 0 Å². The van der Waals surface area contributed by atoms with Crippen LogP contribution in [0.1, 0.15) is 16.9 Å². The smallest absolute Gasteiger partial charge is 0.243 e. The van der Waals surface area contributed by atoms with Crippen LogP contribution >= 0.6 is 12.2 Å². The van der Waals surface area contributed by atoms with Crippen molar-refractivity contribution in [1.29, 1.82) is 0 Å². The van der Waals surface area contributed by atoms with Crippen molar-refractivity contribution in [3.8, 4) is 0 Å². The first-order valence-corrected chi connectivity index (χ1v) is 7.37. The molecule has 0 aliphatic heterocycles. The maximum Gasteiger partial charge on any atom is 0.243 e. The number of rotatable bonds is 5. The van der Waals surface area contributed by atoms with Crippen molar-refractivity contribution in [1.82, 2.24) is 10.6 Å². The minimum atomic E-state index is -0.139. The van der Waals surface area contributed by atoms with Gasteiger partial charge in [-0.3, -0.25) is 4.79 Å². The molecular formula is C16H19N3O2S. The van der Waals surface area contributed by atoms with Crippen LogP contribution < -0.4 is 16.0 Å². The molecule has 2 rings (SSSR count). The Morgan fingerprint density at radius 3 is 2.50 bits per heavy atom. The number of thiocarbonyl (C=S) groups is 1. The lowest BCUT2D eigenvalue weighted by Gasteiger charge is -2.13. The monoisotopic (exact) mass is 317 g/mol. The van der Waals surface area contributed by atoms with E-state index in [4.69, 9.17) is 16.6 Å². The summed E-state index contributed by atoms with van der Waals surface area (Å²) in [5.41, 5.74) is 2.92. The molecule has 0 fully saturated rings. The molecule has 116 valence electrons. The highest BCUT2D eigenvalue weighted by Crippen LogP contribution is 2.18. The van der Waals surface area contributed by atoms with Crippen LogP contribution in [-0.2, 0) is 11.3 Å². The molecule has 1 aromatic carbocycles. The molecule has 22 heavy (non-hydrogen) atoms. The number of hydrogen-bond acceptors (Lipinski definition) is 3. The van der Waals surface area contributed by atoms with Crippen molar-refractivity contribution in [2.75, 3.05) is 11.9 Å². The highest BCUT2D eigenvalue weighted by Gasteiger charge is 2.07. The summed E-state index contributed by atoms with van der Waals surface area (Å²) in [5, 5.41) is 9.15. The molecule has 2 aromatic rings. The third-order valence-corrected chi connectivity index (χ3v) is 3.45. The van der Waals surface area contributed by atoms with Gasteiger partial charge >= 0.3 is 0 Å². The lowest BCUT2D eigenvalue weighted by atomic mass is 10.1. The zero-order chi connectivity index (χ0) is 15.9. The number of carbonyl (C=O) groups is 1. The van der Waals surface area contributed by atoms with Gasteiger partial charge in [0.1, 0.15) is 5.76 Å². The van der Waals surface area contributed by atoms with Crippen LogP contribution in [0.15, 0.2) is 41.0 Å². The van der Waals surface area contributed by atoms with Gasteiger partial charge in [-0.2, -0.15) is 0 Å². The largest absolute Gasteiger partial charge is 0.467 e. The van der Waals surface area contributed by atoms with E-state index in [-0.39, 0.29) is 12.5 Å². The summed E-state index contributed by atoms with van der Waals surface area (Å²) in [6.45, 7) is 4.52.